The van der Waals surface area contributed by atoms with Crippen molar-refractivity contribution in [3.8, 4) is 0 Å². The van der Waals surface area contributed by atoms with Crippen molar-refractivity contribution in [1.29, 1.82) is 0 Å². The summed E-state index contributed by atoms with van der Waals surface area (Å²) in [6.45, 7) is 0.562. The van der Waals surface area contributed by atoms with E-state index in [-0.39, 0.29) is 50.4 Å². The summed E-state index contributed by atoms with van der Waals surface area (Å²) in [6.07, 6.45) is -2.29. The first-order valence-corrected chi connectivity index (χ1v) is 11.4. The third kappa shape index (κ3) is 5.28. The van der Waals surface area contributed by atoms with Crippen LogP contribution in [-0.4, -0.2) is 56.4 Å². The summed E-state index contributed by atoms with van der Waals surface area (Å²) in [4.78, 5) is 17.0. The fourth-order valence-corrected chi connectivity index (χ4v) is 4.68. The van der Waals surface area contributed by atoms with Gasteiger partial charge in [0, 0.05) is 31.1 Å². The number of hydrogen-bond donors (Lipinski definition) is 4. The molecule has 0 spiro atoms. The van der Waals surface area contributed by atoms with E-state index >= 15 is 0 Å². The summed E-state index contributed by atoms with van der Waals surface area (Å²) in [5.74, 6) is -0.238. The van der Waals surface area contributed by atoms with Crippen LogP contribution in [0.5, 0.6) is 0 Å². The monoisotopic (exact) mass is 479 g/mol. The lowest BCUT2D eigenvalue weighted by Crippen LogP contribution is -2.48. The molecule has 2 aromatic carbocycles. The highest BCUT2D eigenvalue weighted by Crippen LogP contribution is 2.31. The molecule has 33 heavy (non-hydrogen) atoms. The lowest BCUT2D eigenvalue weighted by atomic mass is 9.87. The molecule has 0 unspecified atom stereocenters. The number of aromatic nitrogens is 1. The van der Waals surface area contributed by atoms with Crippen LogP contribution in [0.4, 0.5) is 20.2 Å². The van der Waals surface area contributed by atoms with Crippen molar-refractivity contribution in [3.05, 3.63) is 53.5 Å². The highest BCUT2D eigenvalue weighted by atomic mass is 32.1. The maximum absolute atomic E-state index is 12.8. The minimum absolute atomic E-state index is 0.0179. The minimum atomic E-state index is -2.45. The molecule has 4 N–H and O–H groups in total. The number of carbonyl (C=O) groups excluding carboxylic acids is 1. The Morgan fingerprint density at radius 3 is 2.55 bits per heavy atom. The second-order valence-corrected chi connectivity index (χ2v) is 9.10. The number of piperidine rings is 1. The Labute approximate surface area is 192 Å². The predicted molar refractivity (Wildman–Crippen MR) is 120 cm³/mol. The Morgan fingerprint density at radius 1 is 1.18 bits per heavy atom. The quantitative estimate of drug-likeness (QED) is 0.295. The SMILES string of the molecule is O=C(c1ccc(N[N+](O)(O)c2cccc3scnc23)cc1)N1CCC(O)(CCC(F)F)CC1. The number of para-hydroxylation sites is 1. The lowest BCUT2D eigenvalue weighted by molar-refractivity contribution is -0.271. The van der Waals surface area contributed by atoms with Gasteiger partial charge in [0.15, 0.2) is 5.52 Å². The number of benzene rings is 2. The van der Waals surface area contributed by atoms with Crippen molar-refractivity contribution in [2.75, 3.05) is 18.5 Å². The minimum Gasteiger partial charge on any atom is -0.390 e. The van der Waals surface area contributed by atoms with Gasteiger partial charge in [0.1, 0.15) is 0 Å². The second-order valence-electron chi connectivity index (χ2n) is 8.21. The average Bonchev–Trinajstić information content (AvgIpc) is 3.27. The number of alkyl halides is 2. The van der Waals surface area contributed by atoms with Gasteiger partial charge in [0.2, 0.25) is 6.43 Å². The van der Waals surface area contributed by atoms with Gasteiger partial charge in [-0.25, -0.2) is 13.8 Å². The van der Waals surface area contributed by atoms with Gasteiger partial charge in [-0.05, 0) is 49.6 Å². The molecule has 0 aliphatic carbocycles. The molecule has 0 saturated carbocycles. The van der Waals surface area contributed by atoms with Gasteiger partial charge < -0.3 is 10.0 Å². The number of thiazole rings is 1. The molecule has 1 aliphatic rings. The number of fused-ring (bicyclic) bond motifs is 1. The van der Waals surface area contributed by atoms with Crippen molar-refractivity contribution in [2.45, 2.75) is 37.7 Å². The van der Waals surface area contributed by atoms with E-state index in [4.69, 9.17) is 0 Å². The van der Waals surface area contributed by atoms with Crippen molar-refractivity contribution in [3.63, 3.8) is 0 Å². The first-order chi connectivity index (χ1) is 15.7. The number of anilines is 1. The molecule has 1 fully saturated rings. The van der Waals surface area contributed by atoms with E-state index in [1.807, 2.05) is 6.07 Å². The van der Waals surface area contributed by atoms with E-state index in [1.165, 1.54) is 11.3 Å². The van der Waals surface area contributed by atoms with Crippen molar-refractivity contribution >= 4 is 38.8 Å². The number of likely N-dealkylation sites (tertiary alicyclic amines) is 1. The van der Waals surface area contributed by atoms with E-state index in [0.29, 0.717) is 16.8 Å². The van der Waals surface area contributed by atoms with E-state index in [2.05, 4.69) is 10.4 Å². The number of rotatable bonds is 7. The summed E-state index contributed by atoms with van der Waals surface area (Å²) in [7, 11) is 0. The van der Waals surface area contributed by atoms with Gasteiger partial charge in [-0.2, -0.15) is 5.43 Å². The van der Waals surface area contributed by atoms with Crippen LogP contribution in [-0.2, 0) is 0 Å². The zero-order valence-electron chi connectivity index (χ0n) is 17.7. The standard InChI is InChI=1S/C22H24F2N4O4S/c23-19(24)8-9-22(30)10-12-27(13-11-22)21(29)15-4-6-16(7-5-15)26-28(31,32)17-2-1-3-18-20(17)25-14-33-18/h1-7,14,19,30-32H,8-13H2/p+1. The number of carbonyl (C=O) groups is 1. The maximum atomic E-state index is 12.8. The van der Waals surface area contributed by atoms with Crippen molar-refractivity contribution in [1.82, 2.24) is 14.8 Å². The molecule has 1 amide bonds. The third-order valence-corrected chi connectivity index (χ3v) is 6.70. The maximum Gasteiger partial charge on any atom is 0.254 e. The summed E-state index contributed by atoms with van der Waals surface area (Å²) in [5, 5.41) is 31.6. The summed E-state index contributed by atoms with van der Waals surface area (Å²) < 4.78 is 25.7. The molecule has 0 bridgehead atoms. The van der Waals surface area contributed by atoms with Gasteiger partial charge in [-0.15, -0.1) is 21.8 Å². The van der Waals surface area contributed by atoms with Crippen LogP contribution in [0.3, 0.4) is 0 Å². The Bertz CT molecular complexity index is 1120. The predicted octanol–water partition coefficient (Wildman–Crippen LogP) is 4.42. The average molecular weight is 480 g/mol. The van der Waals surface area contributed by atoms with Gasteiger partial charge in [-0.1, -0.05) is 6.07 Å². The normalized spacial score (nSPS) is 16.4. The molecule has 176 valence electrons. The highest BCUT2D eigenvalue weighted by molar-refractivity contribution is 7.16. The molecule has 0 atom stereocenters. The number of nitrogens with zero attached hydrogens (tertiary/aromatic N) is 3. The number of halogens is 2. The number of nitrogens with one attached hydrogen (secondary N) is 1. The van der Waals surface area contributed by atoms with Gasteiger partial charge in [-0.3, -0.25) is 4.79 Å². The Kier molecular flexibility index (Phi) is 6.59. The molecule has 2 heterocycles. The van der Waals surface area contributed by atoms with Gasteiger partial charge >= 0.3 is 0 Å². The van der Waals surface area contributed by atoms with Crippen LogP contribution in [0.25, 0.3) is 10.2 Å². The van der Waals surface area contributed by atoms with Crippen LogP contribution in [0.15, 0.2) is 48.0 Å². The van der Waals surface area contributed by atoms with E-state index in [1.54, 1.807) is 46.8 Å². The topological polar surface area (TPSA) is 106 Å². The molecule has 0 radical (unpaired) electrons. The van der Waals surface area contributed by atoms with Crippen molar-refractivity contribution in [2.24, 2.45) is 0 Å². The first-order valence-electron chi connectivity index (χ1n) is 10.5. The third-order valence-electron chi connectivity index (χ3n) is 5.90. The molecule has 8 nitrogen and oxygen atoms in total. The molecule has 11 heteroatoms. The zero-order valence-corrected chi connectivity index (χ0v) is 18.5. The number of aliphatic hydroxyl groups is 1. The Morgan fingerprint density at radius 2 is 1.88 bits per heavy atom. The molecule has 3 aromatic rings. The Hall–Kier alpha value is -2.70. The van der Waals surface area contributed by atoms with Gasteiger partial charge in [0.25, 0.3) is 11.6 Å². The fourth-order valence-electron chi connectivity index (χ4n) is 3.99. The second kappa shape index (κ2) is 9.27. The number of quaternary nitrogens is 1. The van der Waals surface area contributed by atoms with E-state index < -0.39 is 16.9 Å². The Balaban J connectivity index is 1.39. The van der Waals surface area contributed by atoms with Crippen LogP contribution in [0, 0.1) is 0 Å². The van der Waals surface area contributed by atoms with E-state index in [0.717, 1.165) is 4.70 Å². The lowest BCUT2D eigenvalue weighted by Gasteiger charge is -2.38. The van der Waals surface area contributed by atoms with Crippen LogP contribution in [0.2, 0.25) is 0 Å². The number of hydrogen-bond acceptors (Lipinski definition) is 7. The first kappa shape index (κ1) is 23.5. The van der Waals surface area contributed by atoms with Gasteiger partial charge in [0.05, 0.1) is 26.4 Å². The van der Waals surface area contributed by atoms with E-state index in [9.17, 15) is 29.1 Å². The largest absolute Gasteiger partial charge is 0.390 e. The zero-order chi connectivity index (χ0) is 23.6. The fraction of sp³-hybridized carbons (Fsp3) is 0.364. The molecule has 4 rings (SSSR count). The van der Waals surface area contributed by atoms with Crippen LogP contribution in [0.1, 0.15) is 36.0 Å². The highest BCUT2D eigenvalue weighted by Gasteiger charge is 2.35. The summed E-state index contributed by atoms with van der Waals surface area (Å²) >= 11 is 1.38. The molecular formula is C22H25F2N4O4S+. The molecule has 1 aliphatic heterocycles. The van der Waals surface area contributed by atoms with Crippen LogP contribution < -0.4 is 10.3 Å². The summed E-state index contributed by atoms with van der Waals surface area (Å²) in [6, 6.07) is 11.3. The molecular weight excluding hydrogens is 454 g/mol. The molecule has 1 saturated heterocycles. The number of amides is 1. The summed E-state index contributed by atoms with van der Waals surface area (Å²) in [5.41, 5.74) is 4.43. The van der Waals surface area contributed by atoms with Crippen molar-refractivity contribution < 1.29 is 29.1 Å². The smallest absolute Gasteiger partial charge is 0.254 e. The molecule has 1 aromatic heterocycles. The van der Waals surface area contributed by atoms with Crippen LogP contribution >= 0.6 is 11.3 Å².